The first kappa shape index (κ1) is 22.0. The highest BCUT2D eigenvalue weighted by atomic mass is 32.1. The molecule has 144 valence electrons. The SMILES string of the molecule is CC(C)(C)c1cc(CC(CC(S)CC(=O)NO)C(=O)O)cc(C(=O)O)c1. The molecule has 0 fully saturated rings. The molecule has 0 aliphatic rings. The van der Waals surface area contributed by atoms with Gasteiger partial charge in [-0.1, -0.05) is 26.8 Å². The van der Waals surface area contributed by atoms with Gasteiger partial charge in [-0.15, -0.1) is 0 Å². The summed E-state index contributed by atoms with van der Waals surface area (Å²) in [7, 11) is 0. The Morgan fingerprint density at radius 3 is 2.23 bits per heavy atom. The van der Waals surface area contributed by atoms with Crippen LogP contribution in [0.15, 0.2) is 18.2 Å². The summed E-state index contributed by atoms with van der Waals surface area (Å²) in [5.74, 6) is -3.60. The van der Waals surface area contributed by atoms with Crippen LogP contribution in [0.2, 0.25) is 0 Å². The second kappa shape index (κ2) is 9.05. The van der Waals surface area contributed by atoms with Gasteiger partial charge in [-0.3, -0.25) is 14.8 Å². The number of aliphatic carboxylic acids is 1. The number of carbonyl (C=O) groups excluding carboxylic acids is 1. The van der Waals surface area contributed by atoms with Gasteiger partial charge in [0.15, 0.2) is 0 Å². The van der Waals surface area contributed by atoms with Gasteiger partial charge in [0.1, 0.15) is 0 Å². The predicted molar refractivity (Wildman–Crippen MR) is 98.9 cm³/mol. The molecule has 7 nitrogen and oxygen atoms in total. The van der Waals surface area contributed by atoms with E-state index in [0.29, 0.717) is 5.56 Å². The minimum absolute atomic E-state index is 0.105. The average Bonchev–Trinajstić information content (AvgIpc) is 2.52. The Morgan fingerprint density at radius 2 is 1.77 bits per heavy atom. The molecule has 0 saturated carbocycles. The first-order valence-corrected chi connectivity index (χ1v) is 8.67. The van der Waals surface area contributed by atoms with E-state index in [1.807, 2.05) is 26.8 Å². The number of thiol groups is 1. The Hall–Kier alpha value is -2.06. The van der Waals surface area contributed by atoms with Gasteiger partial charge < -0.3 is 10.2 Å². The van der Waals surface area contributed by atoms with Crippen molar-refractivity contribution < 1.29 is 29.8 Å². The van der Waals surface area contributed by atoms with Crippen molar-refractivity contribution in [1.82, 2.24) is 5.48 Å². The van der Waals surface area contributed by atoms with Crippen LogP contribution in [0.4, 0.5) is 0 Å². The van der Waals surface area contributed by atoms with Crippen LogP contribution in [0.5, 0.6) is 0 Å². The maximum Gasteiger partial charge on any atom is 0.335 e. The Bertz CT molecular complexity index is 683. The number of nitrogens with one attached hydrogen (secondary N) is 1. The minimum Gasteiger partial charge on any atom is -0.481 e. The topological polar surface area (TPSA) is 124 Å². The van der Waals surface area contributed by atoms with Crippen molar-refractivity contribution in [2.24, 2.45) is 5.92 Å². The van der Waals surface area contributed by atoms with Crippen LogP contribution in [-0.2, 0) is 21.4 Å². The third kappa shape index (κ3) is 6.68. The van der Waals surface area contributed by atoms with Crippen molar-refractivity contribution in [3.05, 3.63) is 34.9 Å². The monoisotopic (exact) mass is 383 g/mol. The highest BCUT2D eigenvalue weighted by Gasteiger charge is 2.24. The number of amides is 1. The number of carbonyl (C=O) groups is 3. The van der Waals surface area contributed by atoms with Crippen LogP contribution in [-0.4, -0.2) is 38.5 Å². The lowest BCUT2D eigenvalue weighted by Crippen LogP contribution is -2.26. The summed E-state index contributed by atoms with van der Waals surface area (Å²) < 4.78 is 0. The number of rotatable bonds is 8. The second-order valence-electron chi connectivity index (χ2n) is 7.34. The van der Waals surface area contributed by atoms with Crippen molar-refractivity contribution in [3.63, 3.8) is 0 Å². The van der Waals surface area contributed by atoms with Crippen LogP contribution in [0, 0.1) is 5.92 Å². The molecule has 0 aliphatic carbocycles. The molecule has 1 rings (SSSR count). The summed E-state index contributed by atoms with van der Waals surface area (Å²) in [5, 5.41) is 26.8. The number of hydrogen-bond acceptors (Lipinski definition) is 5. The maximum atomic E-state index is 11.6. The van der Waals surface area contributed by atoms with E-state index in [2.05, 4.69) is 12.6 Å². The van der Waals surface area contributed by atoms with Gasteiger partial charge in [0.2, 0.25) is 5.91 Å². The molecule has 8 heteroatoms. The quantitative estimate of drug-likeness (QED) is 0.267. The summed E-state index contributed by atoms with van der Waals surface area (Å²) in [6.45, 7) is 5.84. The molecule has 0 bridgehead atoms. The zero-order chi connectivity index (χ0) is 20.1. The van der Waals surface area contributed by atoms with E-state index in [0.717, 1.165) is 5.56 Å². The summed E-state index contributed by atoms with van der Waals surface area (Å²) >= 11 is 4.21. The van der Waals surface area contributed by atoms with Gasteiger partial charge in [-0.25, -0.2) is 10.3 Å². The fourth-order valence-corrected chi connectivity index (χ4v) is 3.01. The van der Waals surface area contributed by atoms with Crippen LogP contribution < -0.4 is 5.48 Å². The lowest BCUT2D eigenvalue weighted by Gasteiger charge is -2.22. The fourth-order valence-electron chi connectivity index (χ4n) is 2.59. The smallest absolute Gasteiger partial charge is 0.335 e. The van der Waals surface area contributed by atoms with E-state index >= 15 is 0 Å². The zero-order valence-electron chi connectivity index (χ0n) is 15.0. The van der Waals surface area contributed by atoms with Crippen molar-refractivity contribution in [2.75, 3.05) is 0 Å². The number of carboxylic acids is 2. The predicted octanol–water partition coefficient (Wildman–Crippen LogP) is 2.51. The van der Waals surface area contributed by atoms with Gasteiger partial charge in [0.05, 0.1) is 11.5 Å². The zero-order valence-corrected chi connectivity index (χ0v) is 15.9. The highest BCUT2D eigenvalue weighted by Crippen LogP contribution is 2.27. The molecule has 0 aromatic heterocycles. The van der Waals surface area contributed by atoms with Crippen molar-refractivity contribution in [1.29, 1.82) is 0 Å². The maximum absolute atomic E-state index is 11.6. The molecule has 1 aromatic rings. The molecule has 26 heavy (non-hydrogen) atoms. The summed E-state index contributed by atoms with van der Waals surface area (Å²) in [6.07, 6.45) is 0.108. The Labute approximate surface area is 157 Å². The van der Waals surface area contributed by atoms with Crippen molar-refractivity contribution in [2.45, 2.75) is 50.7 Å². The van der Waals surface area contributed by atoms with E-state index in [1.54, 1.807) is 6.07 Å². The third-order valence-corrected chi connectivity index (χ3v) is 4.43. The Morgan fingerprint density at radius 1 is 1.15 bits per heavy atom. The van der Waals surface area contributed by atoms with E-state index in [4.69, 9.17) is 5.21 Å². The third-order valence-electron chi connectivity index (χ3n) is 4.04. The average molecular weight is 383 g/mol. The van der Waals surface area contributed by atoms with Crippen LogP contribution in [0.1, 0.15) is 55.1 Å². The summed E-state index contributed by atoms with van der Waals surface area (Å²) in [5.41, 5.74) is 2.72. The van der Waals surface area contributed by atoms with E-state index in [-0.39, 0.29) is 30.2 Å². The molecule has 1 amide bonds. The van der Waals surface area contributed by atoms with Gasteiger partial charge in [0.25, 0.3) is 0 Å². The minimum atomic E-state index is -1.07. The molecule has 0 heterocycles. The number of benzene rings is 1. The molecule has 2 atom stereocenters. The first-order valence-electron chi connectivity index (χ1n) is 8.15. The number of carboxylic acid groups (broad SMARTS) is 2. The van der Waals surface area contributed by atoms with Crippen molar-refractivity contribution in [3.8, 4) is 0 Å². The lowest BCUT2D eigenvalue weighted by molar-refractivity contribution is -0.142. The number of hydroxylamine groups is 1. The van der Waals surface area contributed by atoms with E-state index in [1.165, 1.54) is 11.5 Å². The van der Waals surface area contributed by atoms with E-state index < -0.39 is 29.0 Å². The molecular formula is C18H25NO6S. The molecule has 0 spiro atoms. The number of hydrogen-bond donors (Lipinski definition) is 5. The van der Waals surface area contributed by atoms with Crippen molar-refractivity contribution >= 4 is 30.5 Å². The molecule has 0 radical (unpaired) electrons. The molecule has 1 aromatic carbocycles. The van der Waals surface area contributed by atoms with Gasteiger partial charge >= 0.3 is 11.9 Å². The van der Waals surface area contributed by atoms with Gasteiger partial charge in [-0.05, 0) is 41.5 Å². The normalized spacial score (nSPS) is 13.7. The summed E-state index contributed by atoms with van der Waals surface area (Å²) in [4.78, 5) is 34.2. The molecular weight excluding hydrogens is 358 g/mol. The Balaban J connectivity index is 3.07. The molecule has 4 N–H and O–H groups in total. The van der Waals surface area contributed by atoms with Crippen LogP contribution in [0.25, 0.3) is 0 Å². The standard InChI is InChI=1S/C18H25NO6S/c1-18(2,3)13-6-10(4-11(7-13)16(21)22)5-12(17(23)24)8-14(26)9-15(20)19-25/h4,6-7,12,14,25-26H,5,8-9H2,1-3H3,(H,19,20)(H,21,22)(H,23,24). The Kier molecular flexibility index (Phi) is 7.65. The summed E-state index contributed by atoms with van der Waals surface area (Å²) in [6, 6.07) is 4.88. The first-order chi connectivity index (χ1) is 11.9. The lowest BCUT2D eigenvalue weighted by atomic mass is 9.83. The second-order valence-corrected chi connectivity index (χ2v) is 8.07. The van der Waals surface area contributed by atoms with E-state index in [9.17, 15) is 24.6 Å². The molecule has 2 unspecified atom stereocenters. The van der Waals surface area contributed by atoms with Crippen LogP contribution in [0.3, 0.4) is 0 Å². The van der Waals surface area contributed by atoms with Crippen LogP contribution >= 0.6 is 12.6 Å². The highest BCUT2D eigenvalue weighted by molar-refractivity contribution is 7.81. The molecule has 0 aliphatic heterocycles. The van der Waals surface area contributed by atoms with Gasteiger partial charge in [0, 0.05) is 11.7 Å². The fraction of sp³-hybridized carbons (Fsp3) is 0.500. The number of aromatic carboxylic acids is 1. The van der Waals surface area contributed by atoms with Gasteiger partial charge in [-0.2, -0.15) is 12.6 Å². The molecule has 0 saturated heterocycles. The largest absolute Gasteiger partial charge is 0.481 e.